The second-order valence-electron chi connectivity index (χ2n) is 4.36. The summed E-state index contributed by atoms with van der Waals surface area (Å²) in [4.78, 5) is 12.7. The highest BCUT2D eigenvalue weighted by Gasteiger charge is 2.35. The molecule has 5 nitrogen and oxygen atoms in total. The Morgan fingerprint density at radius 1 is 1.44 bits per heavy atom. The molecule has 1 aromatic carbocycles. The zero-order valence-corrected chi connectivity index (χ0v) is 10.5. The lowest BCUT2D eigenvalue weighted by Crippen LogP contribution is -2.39. The van der Waals surface area contributed by atoms with Gasteiger partial charge < -0.3 is 15.5 Å². The van der Waals surface area contributed by atoms with E-state index in [4.69, 9.17) is 16.7 Å². The number of aliphatic hydroxyl groups is 1. The summed E-state index contributed by atoms with van der Waals surface area (Å²) in [6.07, 6.45) is -0.296. The smallest absolute Gasteiger partial charge is 0.321 e. The van der Waals surface area contributed by atoms with E-state index in [2.05, 4.69) is 5.32 Å². The summed E-state index contributed by atoms with van der Waals surface area (Å²) < 4.78 is 0. The zero-order valence-electron chi connectivity index (χ0n) is 9.71. The lowest BCUT2D eigenvalue weighted by molar-refractivity contribution is -0.142. The van der Waals surface area contributed by atoms with Crippen LogP contribution in [0.15, 0.2) is 24.3 Å². The topological polar surface area (TPSA) is 72.8 Å². The number of aliphatic carboxylic acids is 1. The van der Waals surface area contributed by atoms with Gasteiger partial charge in [-0.25, -0.2) is 0 Å². The van der Waals surface area contributed by atoms with Crippen LogP contribution in [0.3, 0.4) is 0 Å². The summed E-state index contributed by atoms with van der Waals surface area (Å²) in [6.45, 7) is 0.757. The SMILES string of the molecule is O=C(O)C1CC(O)CN1CNc1ccc(Cl)cc1. The van der Waals surface area contributed by atoms with E-state index in [1.54, 1.807) is 17.0 Å². The molecular formula is C12H15ClN2O3. The number of anilines is 1. The van der Waals surface area contributed by atoms with Crippen LogP contribution in [0.25, 0.3) is 0 Å². The van der Waals surface area contributed by atoms with E-state index in [1.807, 2.05) is 12.1 Å². The van der Waals surface area contributed by atoms with E-state index < -0.39 is 18.1 Å². The van der Waals surface area contributed by atoms with Crippen LogP contribution in [-0.2, 0) is 4.79 Å². The minimum absolute atomic E-state index is 0.275. The van der Waals surface area contributed by atoms with E-state index >= 15 is 0 Å². The molecule has 1 saturated heterocycles. The van der Waals surface area contributed by atoms with E-state index in [-0.39, 0.29) is 6.42 Å². The molecule has 0 saturated carbocycles. The van der Waals surface area contributed by atoms with E-state index in [0.717, 1.165) is 5.69 Å². The molecule has 18 heavy (non-hydrogen) atoms. The third-order valence-electron chi connectivity index (χ3n) is 3.00. The number of β-amino-alcohol motifs (C(OH)–C–C–N with tert-alkyl or cyclic N) is 1. The predicted octanol–water partition coefficient (Wildman–Crippen LogP) is 1.23. The maximum atomic E-state index is 11.0. The Bertz CT molecular complexity index is 424. The third kappa shape index (κ3) is 3.13. The van der Waals surface area contributed by atoms with Crippen molar-refractivity contribution >= 4 is 23.3 Å². The number of benzene rings is 1. The molecule has 98 valence electrons. The van der Waals surface area contributed by atoms with Crippen molar-refractivity contribution in [2.24, 2.45) is 0 Å². The van der Waals surface area contributed by atoms with E-state index in [9.17, 15) is 9.90 Å². The van der Waals surface area contributed by atoms with E-state index in [1.165, 1.54) is 0 Å². The van der Waals surface area contributed by atoms with Crippen LogP contribution in [-0.4, -0.2) is 46.4 Å². The molecule has 0 aliphatic carbocycles. The number of hydrogen-bond acceptors (Lipinski definition) is 4. The van der Waals surface area contributed by atoms with Gasteiger partial charge >= 0.3 is 5.97 Å². The summed E-state index contributed by atoms with van der Waals surface area (Å²) in [6, 6.07) is 6.55. The van der Waals surface area contributed by atoms with Gasteiger partial charge in [0.2, 0.25) is 0 Å². The first kappa shape index (κ1) is 13.1. The highest BCUT2D eigenvalue weighted by Crippen LogP contribution is 2.19. The van der Waals surface area contributed by atoms with Crippen molar-refractivity contribution in [3.8, 4) is 0 Å². The van der Waals surface area contributed by atoms with Crippen molar-refractivity contribution in [1.29, 1.82) is 0 Å². The molecule has 1 aliphatic rings. The van der Waals surface area contributed by atoms with Crippen LogP contribution < -0.4 is 5.32 Å². The Hall–Kier alpha value is -1.30. The Kier molecular flexibility index (Phi) is 4.06. The van der Waals surface area contributed by atoms with Gasteiger partial charge in [-0.3, -0.25) is 9.69 Å². The number of hydrogen-bond donors (Lipinski definition) is 3. The number of nitrogens with zero attached hydrogens (tertiary/aromatic N) is 1. The van der Waals surface area contributed by atoms with Crippen molar-refractivity contribution in [1.82, 2.24) is 4.90 Å². The molecule has 0 radical (unpaired) electrons. The summed E-state index contributed by atoms with van der Waals surface area (Å²) in [7, 11) is 0. The quantitative estimate of drug-likeness (QED) is 0.767. The molecule has 3 N–H and O–H groups in total. The molecule has 0 amide bonds. The molecule has 2 rings (SSSR count). The minimum Gasteiger partial charge on any atom is -0.480 e. The van der Waals surface area contributed by atoms with Crippen molar-refractivity contribution in [2.45, 2.75) is 18.6 Å². The monoisotopic (exact) mass is 270 g/mol. The highest BCUT2D eigenvalue weighted by molar-refractivity contribution is 6.30. The summed E-state index contributed by atoms with van der Waals surface area (Å²) >= 11 is 5.77. The molecule has 1 heterocycles. The lowest BCUT2D eigenvalue weighted by Gasteiger charge is -2.21. The third-order valence-corrected chi connectivity index (χ3v) is 3.25. The van der Waals surface area contributed by atoms with Crippen LogP contribution in [0.5, 0.6) is 0 Å². The Morgan fingerprint density at radius 3 is 2.72 bits per heavy atom. The fourth-order valence-corrected chi connectivity index (χ4v) is 2.20. The van der Waals surface area contributed by atoms with Gasteiger partial charge in [-0.1, -0.05) is 11.6 Å². The van der Waals surface area contributed by atoms with Crippen LogP contribution in [0.2, 0.25) is 5.02 Å². The predicted molar refractivity (Wildman–Crippen MR) is 68.7 cm³/mol. The Morgan fingerprint density at radius 2 is 2.11 bits per heavy atom. The molecule has 0 bridgehead atoms. The van der Waals surface area contributed by atoms with Gasteiger partial charge in [0.1, 0.15) is 6.04 Å². The number of carbonyl (C=O) groups is 1. The standard InChI is InChI=1S/C12H15ClN2O3/c13-8-1-3-9(4-2-8)14-7-15-6-10(16)5-11(15)12(17)18/h1-4,10-11,14,16H,5-7H2,(H,17,18). The largest absolute Gasteiger partial charge is 0.480 e. The summed E-state index contributed by atoms with van der Waals surface area (Å²) in [5, 5.41) is 22.3. The first-order chi connectivity index (χ1) is 8.56. The zero-order chi connectivity index (χ0) is 13.1. The van der Waals surface area contributed by atoms with Crippen LogP contribution >= 0.6 is 11.6 Å². The van der Waals surface area contributed by atoms with Gasteiger partial charge in [0.15, 0.2) is 0 Å². The van der Waals surface area contributed by atoms with Gasteiger partial charge in [0.05, 0.1) is 12.8 Å². The van der Waals surface area contributed by atoms with Crippen molar-refractivity contribution < 1.29 is 15.0 Å². The molecule has 6 heteroatoms. The first-order valence-electron chi connectivity index (χ1n) is 5.70. The fourth-order valence-electron chi connectivity index (χ4n) is 2.07. The minimum atomic E-state index is -0.899. The molecule has 1 aliphatic heterocycles. The second kappa shape index (κ2) is 5.56. The van der Waals surface area contributed by atoms with Gasteiger partial charge in [0.25, 0.3) is 0 Å². The lowest BCUT2D eigenvalue weighted by atomic mass is 10.2. The van der Waals surface area contributed by atoms with E-state index in [0.29, 0.717) is 18.2 Å². The Balaban J connectivity index is 1.93. The van der Waals surface area contributed by atoms with Gasteiger partial charge in [-0.15, -0.1) is 0 Å². The van der Waals surface area contributed by atoms with Crippen molar-refractivity contribution in [3.05, 3.63) is 29.3 Å². The molecule has 2 unspecified atom stereocenters. The van der Waals surface area contributed by atoms with Gasteiger partial charge in [-0.05, 0) is 24.3 Å². The molecular weight excluding hydrogens is 256 g/mol. The molecule has 1 aromatic rings. The van der Waals surface area contributed by atoms with Gasteiger partial charge in [-0.2, -0.15) is 0 Å². The molecule has 0 aromatic heterocycles. The number of carboxylic acid groups (broad SMARTS) is 1. The number of halogens is 1. The van der Waals surface area contributed by atoms with Crippen LogP contribution in [0.1, 0.15) is 6.42 Å². The molecule has 1 fully saturated rings. The highest BCUT2D eigenvalue weighted by atomic mass is 35.5. The van der Waals surface area contributed by atoms with Crippen LogP contribution in [0, 0.1) is 0 Å². The maximum Gasteiger partial charge on any atom is 0.321 e. The van der Waals surface area contributed by atoms with Crippen LogP contribution in [0.4, 0.5) is 5.69 Å². The molecule has 2 atom stereocenters. The second-order valence-corrected chi connectivity index (χ2v) is 4.79. The summed E-state index contributed by atoms with van der Waals surface area (Å²) in [5.41, 5.74) is 0.866. The number of carboxylic acids is 1. The average molecular weight is 271 g/mol. The number of likely N-dealkylation sites (tertiary alicyclic amines) is 1. The van der Waals surface area contributed by atoms with Gasteiger partial charge in [0, 0.05) is 23.7 Å². The number of aliphatic hydroxyl groups excluding tert-OH is 1. The first-order valence-corrected chi connectivity index (χ1v) is 6.08. The Labute approximate surface area is 110 Å². The van der Waals surface area contributed by atoms with Crippen molar-refractivity contribution in [2.75, 3.05) is 18.5 Å². The fraction of sp³-hybridized carbons (Fsp3) is 0.417. The average Bonchev–Trinajstić information content (AvgIpc) is 2.70. The molecule has 0 spiro atoms. The summed E-state index contributed by atoms with van der Waals surface area (Å²) in [5.74, 6) is -0.899. The normalized spacial score (nSPS) is 24.1. The number of nitrogens with one attached hydrogen (secondary N) is 1. The van der Waals surface area contributed by atoms with Crippen molar-refractivity contribution in [3.63, 3.8) is 0 Å². The number of rotatable bonds is 4. The maximum absolute atomic E-state index is 11.0.